The lowest BCUT2D eigenvalue weighted by atomic mass is 9.99. The summed E-state index contributed by atoms with van der Waals surface area (Å²) in [5, 5.41) is 3.84. The van der Waals surface area contributed by atoms with Crippen molar-refractivity contribution in [2.45, 2.75) is 12.8 Å². The zero-order valence-electron chi connectivity index (χ0n) is 13.5. The van der Waals surface area contributed by atoms with E-state index >= 15 is 0 Å². The van der Waals surface area contributed by atoms with Crippen molar-refractivity contribution in [3.05, 3.63) is 99.5 Å². The number of carbonyl (C=O) groups excluding carboxylic acids is 1. The molecular formula is C21H17Cl2NO. The first kappa shape index (κ1) is 17.5. The maximum absolute atomic E-state index is 12.7. The Morgan fingerprint density at radius 1 is 0.800 bits per heavy atom. The van der Waals surface area contributed by atoms with Gasteiger partial charge >= 0.3 is 0 Å². The maximum atomic E-state index is 12.7. The molecule has 0 unspecified atom stereocenters. The van der Waals surface area contributed by atoms with Crippen LogP contribution in [0.4, 0.5) is 5.69 Å². The molecule has 1 N–H and O–H groups in total. The average Bonchev–Trinajstić information content (AvgIpc) is 2.60. The number of benzene rings is 3. The van der Waals surface area contributed by atoms with E-state index < -0.39 is 0 Å². The van der Waals surface area contributed by atoms with Gasteiger partial charge in [0.15, 0.2) is 0 Å². The number of amides is 1. The molecule has 0 saturated heterocycles. The van der Waals surface area contributed by atoms with E-state index in [0.29, 0.717) is 21.3 Å². The fraction of sp³-hybridized carbons (Fsp3) is 0.0952. The molecule has 3 aromatic carbocycles. The third-order valence-electron chi connectivity index (χ3n) is 3.91. The summed E-state index contributed by atoms with van der Waals surface area (Å²) in [4.78, 5) is 12.7. The van der Waals surface area contributed by atoms with Gasteiger partial charge in [-0.1, -0.05) is 71.7 Å². The van der Waals surface area contributed by atoms with Gasteiger partial charge in [-0.25, -0.2) is 0 Å². The zero-order chi connectivity index (χ0) is 17.6. The minimum atomic E-state index is -0.165. The standard InChI is InChI=1S/C21H17Cl2NO/c22-17-12-18(23)14-19(13-17)24-21(25)20-9-5-4-8-16(20)11-10-15-6-2-1-3-7-15/h1-9,12-14H,10-11H2,(H,24,25). The molecule has 0 aliphatic heterocycles. The molecule has 0 fully saturated rings. The van der Waals surface area contributed by atoms with Crippen molar-refractivity contribution < 1.29 is 4.79 Å². The van der Waals surface area contributed by atoms with E-state index in [2.05, 4.69) is 17.4 Å². The molecule has 3 aromatic rings. The summed E-state index contributed by atoms with van der Waals surface area (Å²) in [5.74, 6) is -0.165. The second-order valence-corrected chi connectivity index (χ2v) is 6.63. The normalized spacial score (nSPS) is 10.5. The Labute approximate surface area is 157 Å². The van der Waals surface area contributed by atoms with Crippen molar-refractivity contribution in [1.29, 1.82) is 0 Å². The summed E-state index contributed by atoms with van der Waals surface area (Å²) < 4.78 is 0. The Hall–Kier alpha value is -2.29. The molecular weight excluding hydrogens is 353 g/mol. The Kier molecular flexibility index (Phi) is 5.75. The van der Waals surface area contributed by atoms with Gasteiger partial charge in [-0.15, -0.1) is 0 Å². The number of aryl methyl sites for hydroxylation is 2. The quantitative estimate of drug-likeness (QED) is 0.584. The van der Waals surface area contributed by atoms with Crippen LogP contribution in [0.5, 0.6) is 0 Å². The van der Waals surface area contributed by atoms with Crippen LogP contribution >= 0.6 is 23.2 Å². The number of hydrogen-bond acceptors (Lipinski definition) is 1. The molecule has 0 bridgehead atoms. The van der Waals surface area contributed by atoms with Crippen LogP contribution in [0.2, 0.25) is 10.0 Å². The molecule has 0 aromatic heterocycles. The summed E-state index contributed by atoms with van der Waals surface area (Å²) in [6.07, 6.45) is 1.68. The molecule has 25 heavy (non-hydrogen) atoms. The van der Waals surface area contributed by atoms with Gasteiger partial charge in [0.1, 0.15) is 0 Å². The van der Waals surface area contributed by atoms with Gasteiger partial charge in [0.2, 0.25) is 0 Å². The van der Waals surface area contributed by atoms with Crippen LogP contribution in [-0.2, 0) is 12.8 Å². The number of anilines is 1. The van der Waals surface area contributed by atoms with Crippen LogP contribution in [0.15, 0.2) is 72.8 Å². The smallest absolute Gasteiger partial charge is 0.255 e. The third kappa shape index (κ3) is 4.85. The van der Waals surface area contributed by atoms with Crippen LogP contribution in [0.1, 0.15) is 21.5 Å². The summed E-state index contributed by atoms with van der Waals surface area (Å²) in [6, 6.07) is 22.9. The number of halogens is 2. The number of nitrogens with one attached hydrogen (secondary N) is 1. The molecule has 0 aliphatic carbocycles. The highest BCUT2D eigenvalue weighted by atomic mass is 35.5. The number of hydrogen-bond donors (Lipinski definition) is 1. The lowest BCUT2D eigenvalue weighted by Crippen LogP contribution is -2.14. The van der Waals surface area contributed by atoms with Crippen molar-refractivity contribution >= 4 is 34.8 Å². The van der Waals surface area contributed by atoms with Crippen molar-refractivity contribution in [3.63, 3.8) is 0 Å². The highest BCUT2D eigenvalue weighted by Crippen LogP contribution is 2.23. The van der Waals surface area contributed by atoms with Crippen molar-refractivity contribution in [2.24, 2.45) is 0 Å². The minimum Gasteiger partial charge on any atom is -0.322 e. The largest absolute Gasteiger partial charge is 0.322 e. The van der Waals surface area contributed by atoms with Crippen LogP contribution < -0.4 is 5.32 Å². The highest BCUT2D eigenvalue weighted by molar-refractivity contribution is 6.35. The SMILES string of the molecule is O=C(Nc1cc(Cl)cc(Cl)c1)c1ccccc1CCc1ccccc1. The molecule has 126 valence electrons. The van der Waals surface area contributed by atoms with Gasteiger partial charge in [-0.05, 0) is 48.2 Å². The summed E-state index contributed by atoms with van der Waals surface area (Å²) in [5.41, 5.74) is 3.51. The molecule has 0 atom stereocenters. The van der Waals surface area contributed by atoms with Crippen LogP contribution in [-0.4, -0.2) is 5.91 Å². The second-order valence-electron chi connectivity index (χ2n) is 5.75. The van der Waals surface area contributed by atoms with Crippen molar-refractivity contribution in [2.75, 3.05) is 5.32 Å². The monoisotopic (exact) mass is 369 g/mol. The average molecular weight is 370 g/mol. The van der Waals surface area contributed by atoms with E-state index in [-0.39, 0.29) is 5.91 Å². The first-order valence-electron chi connectivity index (χ1n) is 8.01. The van der Waals surface area contributed by atoms with E-state index in [1.165, 1.54) is 5.56 Å². The van der Waals surface area contributed by atoms with Gasteiger partial charge < -0.3 is 5.32 Å². The Morgan fingerprint density at radius 2 is 1.44 bits per heavy atom. The fourth-order valence-electron chi connectivity index (χ4n) is 2.71. The molecule has 0 radical (unpaired) electrons. The summed E-state index contributed by atoms with van der Waals surface area (Å²) in [7, 11) is 0. The molecule has 4 heteroatoms. The maximum Gasteiger partial charge on any atom is 0.255 e. The fourth-order valence-corrected chi connectivity index (χ4v) is 3.23. The number of rotatable bonds is 5. The van der Waals surface area contributed by atoms with Crippen LogP contribution in [0.3, 0.4) is 0 Å². The Balaban J connectivity index is 1.76. The van der Waals surface area contributed by atoms with E-state index in [1.807, 2.05) is 42.5 Å². The summed E-state index contributed by atoms with van der Waals surface area (Å²) in [6.45, 7) is 0. The molecule has 0 saturated carbocycles. The van der Waals surface area contributed by atoms with E-state index in [4.69, 9.17) is 23.2 Å². The first-order chi connectivity index (χ1) is 12.1. The predicted octanol–water partition coefficient (Wildman–Crippen LogP) is 6.03. The molecule has 3 rings (SSSR count). The van der Waals surface area contributed by atoms with Gasteiger partial charge in [0, 0.05) is 21.3 Å². The van der Waals surface area contributed by atoms with Crippen LogP contribution in [0.25, 0.3) is 0 Å². The Morgan fingerprint density at radius 3 is 2.16 bits per heavy atom. The molecule has 0 heterocycles. The highest BCUT2D eigenvalue weighted by Gasteiger charge is 2.12. The summed E-state index contributed by atoms with van der Waals surface area (Å²) >= 11 is 12.0. The zero-order valence-corrected chi connectivity index (χ0v) is 15.0. The first-order valence-corrected chi connectivity index (χ1v) is 8.77. The number of carbonyl (C=O) groups is 1. The van der Waals surface area contributed by atoms with Crippen molar-refractivity contribution in [1.82, 2.24) is 0 Å². The van der Waals surface area contributed by atoms with E-state index in [9.17, 15) is 4.79 Å². The molecule has 1 amide bonds. The topological polar surface area (TPSA) is 29.1 Å². The van der Waals surface area contributed by atoms with E-state index in [0.717, 1.165) is 18.4 Å². The van der Waals surface area contributed by atoms with Gasteiger partial charge in [-0.3, -0.25) is 4.79 Å². The van der Waals surface area contributed by atoms with Gasteiger partial charge in [0.25, 0.3) is 5.91 Å². The molecule has 0 spiro atoms. The van der Waals surface area contributed by atoms with Gasteiger partial charge in [0.05, 0.1) is 0 Å². The van der Waals surface area contributed by atoms with Crippen molar-refractivity contribution in [3.8, 4) is 0 Å². The minimum absolute atomic E-state index is 0.165. The lowest BCUT2D eigenvalue weighted by molar-refractivity contribution is 0.102. The predicted molar refractivity (Wildman–Crippen MR) is 105 cm³/mol. The lowest BCUT2D eigenvalue weighted by Gasteiger charge is -2.11. The Bertz CT molecular complexity index is 858. The second kappa shape index (κ2) is 8.19. The van der Waals surface area contributed by atoms with Gasteiger partial charge in [-0.2, -0.15) is 0 Å². The van der Waals surface area contributed by atoms with Crippen LogP contribution in [0, 0.1) is 0 Å². The molecule has 0 aliphatic rings. The molecule has 2 nitrogen and oxygen atoms in total. The third-order valence-corrected chi connectivity index (χ3v) is 4.34. The van der Waals surface area contributed by atoms with E-state index in [1.54, 1.807) is 18.2 Å².